The first-order valence-corrected chi connectivity index (χ1v) is 12.8. The highest BCUT2D eigenvalue weighted by Crippen LogP contribution is 2.34. The Morgan fingerprint density at radius 1 is 1.23 bits per heavy atom. The Bertz CT molecular complexity index is 1390. The quantitative estimate of drug-likeness (QED) is 0.395. The van der Waals surface area contributed by atoms with Crippen LogP contribution < -0.4 is 10.9 Å². The number of amides is 1. The molecule has 2 aliphatic rings. The van der Waals surface area contributed by atoms with Crippen LogP contribution in [0.4, 0.5) is 5.82 Å². The van der Waals surface area contributed by atoms with E-state index in [1.807, 2.05) is 50.2 Å². The largest absolute Gasteiger partial charge is 0.376 e. The Kier molecular flexibility index (Phi) is 6.73. The van der Waals surface area contributed by atoms with Crippen molar-refractivity contribution in [2.45, 2.75) is 39.3 Å². The Labute approximate surface area is 213 Å². The molecule has 0 bridgehead atoms. The third kappa shape index (κ3) is 4.89. The van der Waals surface area contributed by atoms with Crippen molar-refractivity contribution < 1.29 is 9.53 Å². The summed E-state index contributed by atoms with van der Waals surface area (Å²) in [5.74, 6) is 0.239. The van der Waals surface area contributed by atoms with Gasteiger partial charge in [-0.3, -0.25) is 18.9 Å². The zero-order valence-electron chi connectivity index (χ0n) is 19.6. The van der Waals surface area contributed by atoms with Crippen LogP contribution in [0.1, 0.15) is 35.1 Å². The normalized spacial score (nSPS) is 19.3. The summed E-state index contributed by atoms with van der Waals surface area (Å²) in [5.41, 5.74) is 3.80. The monoisotopic (exact) mass is 506 g/mol. The molecule has 2 fully saturated rings. The minimum absolute atomic E-state index is 0.000442. The van der Waals surface area contributed by atoms with Crippen molar-refractivity contribution in [1.82, 2.24) is 14.3 Å². The molecule has 4 heterocycles. The fourth-order valence-corrected chi connectivity index (χ4v) is 5.51. The number of aromatic nitrogens is 2. The number of hydrogen-bond donors (Lipinski definition) is 1. The Morgan fingerprint density at radius 3 is 2.77 bits per heavy atom. The number of benzene rings is 1. The molecule has 9 heteroatoms. The van der Waals surface area contributed by atoms with E-state index in [1.54, 1.807) is 17.2 Å². The predicted molar refractivity (Wildman–Crippen MR) is 144 cm³/mol. The number of pyridine rings is 1. The maximum absolute atomic E-state index is 13.5. The number of hydrogen-bond acceptors (Lipinski definition) is 7. The highest BCUT2D eigenvalue weighted by molar-refractivity contribution is 8.26. The molecule has 1 atom stereocenters. The minimum atomic E-state index is -0.241. The number of fused-ring (bicyclic) bond motifs is 1. The topological polar surface area (TPSA) is 75.9 Å². The van der Waals surface area contributed by atoms with E-state index in [0.717, 1.165) is 24.0 Å². The molecule has 0 spiro atoms. The molecular weight excluding hydrogens is 480 g/mol. The summed E-state index contributed by atoms with van der Waals surface area (Å²) in [5, 5.41) is 3.32. The number of aryl methyl sites for hydroxylation is 2. The molecule has 1 N–H and O–H groups in total. The summed E-state index contributed by atoms with van der Waals surface area (Å²) < 4.78 is 7.69. The molecular formula is C26H26N4O3S2. The first-order valence-electron chi connectivity index (χ1n) is 11.6. The lowest BCUT2D eigenvalue weighted by Gasteiger charge is -2.18. The summed E-state index contributed by atoms with van der Waals surface area (Å²) in [4.78, 5) is 33.5. The molecule has 0 aliphatic carbocycles. The van der Waals surface area contributed by atoms with Gasteiger partial charge in [-0.2, -0.15) is 0 Å². The predicted octanol–water partition coefficient (Wildman–Crippen LogP) is 4.30. The van der Waals surface area contributed by atoms with Crippen LogP contribution in [0.25, 0.3) is 11.7 Å². The van der Waals surface area contributed by atoms with Gasteiger partial charge in [0.1, 0.15) is 15.8 Å². The average Bonchev–Trinajstić information content (AvgIpc) is 3.45. The molecule has 2 saturated heterocycles. The van der Waals surface area contributed by atoms with E-state index in [0.29, 0.717) is 46.0 Å². The molecule has 0 radical (unpaired) electrons. The number of carbonyl (C=O) groups excluding carboxylic acids is 1. The highest BCUT2D eigenvalue weighted by atomic mass is 32.2. The van der Waals surface area contributed by atoms with Crippen molar-refractivity contribution >= 4 is 51.7 Å². The number of anilines is 1. The smallest absolute Gasteiger partial charge is 0.267 e. The lowest BCUT2D eigenvalue weighted by Crippen LogP contribution is -2.35. The van der Waals surface area contributed by atoms with Gasteiger partial charge >= 0.3 is 0 Å². The van der Waals surface area contributed by atoms with Gasteiger partial charge in [0.25, 0.3) is 11.5 Å². The Morgan fingerprint density at radius 2 is 2.03 bits per heavy atom. The minimum Gasteiger partial charge on any atom is -0.376 e. The SMILES string of the molecule is Cc1ccc(CNc2nc3c(C)cccn3c(=O)c2C=C2SC(=S)N(CC3CCCO3)C2=O)cc1. The van der Waals surface area contributed by atoms with Crippen LogP contribution in [0.15, 0.2) is 52.3 Å². The van der Waals surface area contributed by atoms with E-state index in [2.05, 4.69) is 5.32 Å². The summed E-state index contributed by atoms with van der Waals surface area (Å²) in [6, 6.07) is 11.9. The van der Waals surface area contributed by atoms with E-state index in [4.69, 9.17) is 21.9 Å². The average molecular weight is 507 g/mol. The molecule has 1 aromatic carbocycles. The number of carbonyl (C=O) groups is 1. The van der Waals surface area contributed by atoms with Crippen LogP contribution in [-0.4, -0.2) is 43.8 Å². The fraction of sp³-hybridized carbons (Fsp3) is 0.308. The summed E-state index contributed by atoms with van der Waals surface area (Å²) in [7, 11) is 0. The van der Waals surface area contributed by atoms with Crippen LogP contribution in [0.2, 0.25) is 0 Å². The maximum atomic E-state index is 13.5. The van der Waals surface area contributed by atoms with Gasteiger partial charge in [-0.25, -0.2) is 4.98 Å². The van der Waals surface area contributed by atoms with Gasteiger partial charge in [0, 0.05) is 19.3 Å². The number of thioether (sulfide) groups is 1. The van der Waals surface area contributed by atoms with Crippen molar-refractivity contribution in [1.29, 1.82) is 0 Å². The molecule has 5 rings (SSSR count). The third-order valence-corrected chi connectivity index (χ3v) is 7.60. The lowest BCUT2D eigenvalue weighted by molar-refractivity contribution is -0.123. The van der Waals surface area contributed by atoms with E-state index < -0.39 is 0 Å². The van der Waals surface area contributed by atoms with Crippen LogP contribution in [-0.2, 0) is 16.1 Å². The van der Waals surface area contributed by atoms with Gasteiger partial charge in [-0.1, -0.05) is 59.9 Å². The van der Waals surface area contributed by atoms with E-state index in [9.17, 15) is 9.59 Å². The third-order valence-electron chi connectivity index (χ3n) is 6.22. The molecule has 1 unspecified atom stereocenters. The molecule has 1 amide bonds. The van der Waals surface area contributed by atoms with Gasteiger partial charge in [0.05, 0.1) is 23.1 Å². The van der Waals surface area contributed by atoms with Crippen molar-refractivity contribution in [3.05, 3.63) is 80.1 Å². The van der Waals surface area contributed by atoms with Gasteiger partial charge in [-0.15, -0.1) is 0 Å². The van der Waals surface area contributed by atoms with Crippen LogP contribution in [0.3, 0.4) is 0 Å². The van der Waals surface area contributed by atoms with E-state index in [-0.39, 0.29) is 17.6 Å². The van der Waals surface area contributed by atoms with Crippen molar-refractivity contribution in [3.63, 3.8) is 0 Å². The first kappa shape index (κ1) is 23.7. The summed E-state index contributed by atoms with van der Waals surface area (Å²) in [6.07, 6.45) is 5.22. The number of nitrogens with one attached hydrogen (secondary N) is 1. The number of nitrogens with zero attached hydrogens (tertiary/aromatic N) is 3. The molecule has 35 heavy (non-hydrogen) atoms. The molecule has 0 saturated carbocycles. The summed E-state index contributed by atoms with van der Waals surface area (Å²) >= 11 is 6.70. The van der Waals surface area contributed by atoms with Crippen molar-refractivity contribution in [2.75, 3.05) is 18.5 Å². The van der Waals surface area contributed by atoms with Crippen LogP contribution >= 0.6 is 24.0 Å². The molecule has 180 valence electrons. The highest BCUT2D eigenvalue weighted by Gasteiger charge is 2.35. The number of thiocarbonyl (C=S) groups is 1. The standard InChI is InChI=1S/C26H26N4O3S2/c1-16-7-9-18(10-8-16)14-27-22-20(24(31)29-11-3-5-17(2)23(29)28-22)13-21-25(32)30(26(34)35-21)15-19-6-4-12-33-19/h3,5,7-11,13,19,27H,4,6,12,14-15H2,1-2H3. The molecule has 7 nitrogen and oxygen atoms in total. The van der Waals surface area contributed by atoms with Crippen LogP contribution in [0, 0.1) is 13.8 Å². The molecule has 3 aromatic rings. The fourth-order valence-electron chi connectivity index (χ4n) is 4.25. The van der Waals surface area contributed by atoms with Gasteiger partial charge in [0.2, 0.25) is 0 Å². The summed E-state index contributed by atoms with van der Waals surface area (Å²) in [6.45, 7) is 5.61. The van der Waals surface area contributed by atoms with Gasteiger partial charge in [0.15, 0.2) is 0 Å². The van der Waals surface area contributed by atoms with E-state index >= 15 is 0 Å². The van der Waals surface area contributed by atoms with Crippen molar-refractivity contribution in [2.24, 2.45) is 0 Å². The molecule has 2 aromatic heterocycles. The van der Waals surface area contributed by atoms with E-state index in [1.165, 1.54) is 21.7 Å². The number of rotatable bonds is 6. The lowest BCUT2D eigenvalue weighted by atomic mass is 10.1. The zero-order valence-corrected chi connectivity index (χ0v) is 21.2. The second-order valence-corrected chi connectivity index (χ2v) is 10.5. The maximum Gasteiger partial charge on any atom is 0.267 e. The second kappa shape index (κ2) is 9.93. The van der Waals surface area contributed by atoms with Crippen LogP contribution in [0.5, 0.6) is 0 Å². The Hall–Kier alpha value is -3.01. The second-order valence-electron chi connectivity index (χ2n) is 8.83. The van der Waals surface area contributed by atoms with Crippen molar-refractivity contribution in [3.8, 4) is 0 Å². The Balaban J connectivity index is 1.52. The first-order chi connectivity index (χ1) is 16.9. The van der Waals surface area contributed by atoms with Gasteiger partial charge in [-0.05, 0) is 50.0 Å². The zero-order chi connectivity index (χ0) is 24.5. The van der Waals surface area contributed by atoms with Gasteiger partial charge < -0.3 is 10.1 Å². The number of ether oxygens (including phenoxy) is 1. The molecule has 2 aliphatic heterocycles.